The fourth-order valence-corrected chi connectivity index (χ4v) is 6.02. The highest BCUT2D eigenvalue weighted by molar-refractivity contribution is 7.89. The molecular formula is C23H25N3O5S2. The summed E-state index contributed by atoms with van der Waals surface area (Å²) >= 11 is 1.30. The molecule has 1 saturated heterocycles. The van der Waals surface area contributed by atoms with Crippen molar-refractivity contribution in [1.29, 1.82) is 0 Å². The molecule has 3 aromatic rings. The summed E-state index contributed by atoms with van der Waals surface area (Å²) in [5, 5.41) is 5.03. The van der Waals surface area contributed by atoms with Crippen LogP contribution >= 0.6 is 11.3 Å². The van der Waals surface area contributed by atoms with Crippen LogP contribution in [0.3, 0.4) is 0 Å². The van der Waals surface area contributed by atoms with Crippen LogP contribution in [0.5, 0.6) is 5.75 Å². The van der Waals surface area contributed by atoms with Gasteiger partial charge in [0.25, 0.3) is 5.91 Å². The zero-order valence-corrected chi connectivity index (χ0v) is 20.2. The number of nitrogens with zero attached hydrogens (tertiary/aromatic N) is 2. The Morgan fingerprint density at radius 2 is 1.85 bits per heavy atom. The molecule has 2 aromatic carbocycles. The summed E-state index contributed by atoms with van der Waals surface area (Å²) in [6.45, 7) is 4.24. The molecule has 1 aromatic heterocycles. The zero-order valence-electron chi connectivity index (χ0n) is 18.5. The summed E-state index contributed by atoms with van der Waals surface area (Å²) in [5.41, 5.74) is 1.87. The van der Waals surface area contributed by atoms with Crippen LogP contribution in [-0.4, -0.2) is 56.0 Å². The summed E-state index contributed by atoms with van der Waals surface area (Å²) in [7, 11) is -2.14. The molecule has 1 aliphatic rings. The van der Waals surface area contributed by atoms with Crippen LogP contribution in [0, 0.1) is 0 Å². The van der Waals surface area contributed by atoms with Crippen molar-refractivity contribution in [3.05, 3.63) is 59.5 Å². The molecule has 174 valence electrons. The Bertz CT molecular complexity index is 1230. The van der Waals surface area contributed by atoms with E-state index in [-0.39, 0.29) is 35.8 Å². The number of hydrogen-bond donors (Lipinski definition) is 1. The number of hydrogen-bond acceptors (Lipinski definition) is 7. The van der Waals surface area contributed by atoms with Crippen molar-refractivity contribution >= 4 is 32.4 Å². The van der Waals surface area contributed by atoms with Crippen molar-refractivity contribution in [3.63, 3.8) is 0 Å². The number of methoxy groups -OCH3 is 1. The minimum atomic E-state index is -3.74. The highest BCUT2D eigenvalue weighted by Crippen LogP contribution is 2.27. The lowest BCUT2D eigenvalue weighted by atomic mass is 10.2. The van der Waals surface area contributed by atoms with Crippen LogP contribution in [0.4, 0.5) is 5.13 Å². The average molecular weight is 488 g/mol. The molecule has 4 rings (SSSR count). The van der Waals surface area contributed by atoms with Gasteiger partial charge < -0.3 is 9.47 Å². The van der Waals surface area contributed by atoms with E-state index in [9.17, 15) is 13.2 Å². The number of ether oxygens (including phenoxy) is 2. The van der Waals surface area contributed by atoms with Gasteiger partial charge in [-0.3, -0.25) is 10.1 Å². The van der Waals surface area contributed by atoms with E-state index in [2.05, 4.69) is 10.3 Å². The normalized spacial score (nSPS) is 19.2. The lowest BCUT2D eigenvalue weighted by Crippen LogP contribution is -2.48. The van der Waals surface area contributed by atoms with E-state index in [0.717, 1.165) is 17.0 Å². The molecule has 10 heteroatoms. The number of sulfonamides is 1. The Kier molecular flexibility index (Phi) is 6.80. The summed E-state index contributed by atoms with van der Waals surface area (Å²) in [6, 6.07) is 13.5. The lowest BCUT2D eigenvalue weighted by Gasteiger charge is -2.34. The van der Waals surface area contributed by atoms with Gasteiger partial charge in [0.1, 0.15) is 5.75 Å². The van der Waals surface area contributed by atoms with Crippen LogP contribution in [0.2, 0.25) is 0 Å². The van der Waals surface area contributed by atoms with Crippen molar-refractivity contribution in [1.82, 2.24) is 9.29 Å². The molecule has 0 bridgehead atoms. The average Bonchev–Trinajstić information content (AvgIpc) is 3.27. The van der Waals surface area contributed by atoms with Crippen molar-refractivity contribution in [3.8, 4) is 17.0 Å². The summed E-state index contributed by atoms with van der Waals surface area (Å²) in [4.78, 5) is 17.4. The SMILES string of the molecule is COc1ccc(-c2csc(NC(=O)c3cccc(S(=O)(=O)N4C[C@H](C)O[C@@H](C)C4)c3)n2)cc1. The summed E-state index contributed by atoms with van der Waals surface area (Å²) in [5.74, 6) is 0.324. The van der Waals surface area contributed by atoms with Crippen LogP contribution < -0.4 is 10.1 Å². The Morgan fingerprint density at radius 3 is 2.52 bits per heavy atom. The maximum atomic E-state index is 13.1. The predicted octanol–water partition coefficient (Wildman–Crippen LogP) is 3.87. The number of nitrogens with one attached hydrogen (secondary N) is 1. The third-order valence-electron chi connectivity index (χ3n) is 5.23. The summed E-state index contributed by atoms with van der Waals surface area (Å²) < 4.78 is 38.5. The van der Waals surface area contributed by atoms with E-state index in [1.165, 1.54) is 27.8 Å². The quantitative estimate of drug-likeness (QED) is 0.567. The Morgan fingerprint density at radius 1 is 1.15 bits per heavy atom. The van der Waals surface area contributed by atoms with Gasteiger partial charge in [-0.1, -0.05) is 6.07 Å². The molecule has 0 radical (unpaired) electrons. The van der Waals surface area contributed by atoms with Crippen LogP contribution in [0.15, 0.2) is 58.8 Å². The third kappa shape index (κ3) is 5.25. The minimum Gasteiger partial charge on any atom is -0.497 e. The molecule has 8 nitrogen and oxygen atoms in total. The standard InChI is InChI=1S/C23H25N3O5S2/c1-15-12-26(13-16(2)31-15)33(28,29)20-6-4-5-18(11-20)22(27)25-23-24-21(14-32-23)17-7-9-19(30-3)10-8-17/h4-11,14-16H,12-13H2,1-3H3,(H,24,25,27)/t15-,16-/m0/s1. The van der Waals surface area contributed by atoms with E-state index in [1.807, 2.05) is 43.5 Å². The molecule has 0 spiro atoms. The molecule has 0 saturated carbocycles. The monoisotopic (exact) mass is 487 g/mol. The molecule has 2 atom stereocenters. The first-order valence-corrected chi connectivity index (χ1v) is 12.7. The molecule has 33 heavy (non-hydrogen) atoms. The van der Waals surface area contributed by atoms with Crippen molar-refractivity contribution in [2.45, 2.75) is 31.0 Å². The first-order valence-electron chi connectivity index (χ1n) is 10.4. The highest BCUT2D eigenvalue weighted by atomic mass is 32.2. The largest absolute Gasteiger partial charge is 0.497 e. The van der Waals surface area contributed by atoms with Gasteiger partial charge in [0, 0.05) is 29.6 Å². The second-order valence-electron chi connectivity index (χ2n) is 7.83. The van der Waals surface area contributed by atoms with E-state index in [4.69, 9.17) is 9.47 Å². The first-order chi connectivity index (χ1) is 15.8. The van der Waals surface area contributed by atoms with Gasteiger partial charge in [0.15, 0.2) is 5.13 Å². The number of amides is 1. The first kappa shape index (κ1) is 23.4. The number of benzene rings is 2. The molecular weight excluding hydrogens is 462 g/mol. The minimum absolute atomic E-state index is 0.0783. The van der Waals surface area contributed by atoms with Crippen LogP contribution in [-0.2, 0) is 14.8 Å². The van der Waals surface area contributed by atoms with E-state index >= 15 is 0 Å². The summed E-state index contributed by atoms with van der Waals surface area (Å²) in [6.07, 6.45) is -0.389. The number of rotatable bonds is 6. The zero-order chi connectivity index (χ0) is 23.6. The second-order valence-corrected chi connectivity index (χ2v) is 10.6. The van der Waals surface area contributed by atoms with Gasteiger partial charge in [-0.25, -0.2) is 13.4 Å². The fourth-order valence-electron chi connectivity index (χ4n) is 3.67. The number of aromatic nitrogens is 1. The maximum absolute atomic E-state index is 13.1. The van der Waals surface area contributed by atoms with E-state index in [0.29, 0.717) is 5.13 Å². The van der Waals surface area contributed by atoms with E-state index < -0.39 is 15.9 Å². The van der Waals surface area contributed by atoms with Gasteiger partial charge in [-0.05, 0) is 56.3 Å². The fraction of sp³-hybridized carbons (Fsp3) is 0.304. The van der Waals surface area contributed by atoms with Gasteiger partial charge in [-0.2, -0.15) is 4.31 Å². The highest BCUT2D eigenvalue weighted by Gasteiger charge is 2.32. The number of anilines is 1. The van der Waals surface area contributed by atoms with Gasteiger partial charge in [-0.15, -0.1) is 11.3 Å². The number of carbonyl (C=O) groups is 1. The second kappa shape index (κ2) is 9.60. The molecule has 0 aliphatic carbocycles. The van der Waals surface area contributed by atoms with Crippen molar-refractivity contribution in [2.75, 3.05) is 25.5 Å². The molecule has 1 fully saturated rings. The Labute approximate surface area is 197 Å². The van der Waals surface area contributed by atoms with Crippen molar-refractivity contribution in [2.24, 2.45) is 0 Å². The molecule has 1 amide bonds. The molecule has 1 aliphatic heterocycles. The maximum Gasteiger partial charge on any atom is 0.257 e. The topological polar surface area (TPSA) is 97.8 Å². The Hall–Kier alpha value is -2.79. The lowest BCUT2D eigenvalue weighted by molar-refractivity contribution is -0.0440. The number of thiazole rings is 1. The third-order valence-corrected chi connectivity index (χ3v) is 7.82. The smallest absolute Gasteiger partial charge is 0.257 e. The number of carbonyl (C=O) groups excluding carboxylic acids is 1. The molecule has 2 heterocycles. The molecule has 0 unspecified atom stereocenters. The van der Waals surface area contributed by atoms with Crippen LogP contribution in [0.25, 0.3) is 11.3 Å². The molecule has 1 N–H and O–H groups in total. The Balaban J connectivity index is 1.49. The number of morpholine rings is 1. The van der Waals surface area contributed by atoms with Crippen LogP contribution in [0.1, 0.15) is 24.2 Å². The van der Waals surface area contributed by atoms with Crippen molar-refractivity contribution < 1.29 is 22.7 Å². The van der Waals surface area contributed by atoms with Gasteiger partial charge in [0.05, 0.1) is 29.9 Å². The predicted molar refractivity (Wildman–Crippen MR) is 127 cm³/mol. The van der Waals surface area contributed by atoms with Gasteiger partial charge in [0.2, 0.25) is 10.0 Å². The van der Waals surface area contributed by atoms with E-state index in [1.54, 1.807) is 19.2 Å². The van der Waals surface area contributed by atoms with Gasteiger partial charge >= 0.3 is 0 Å².